The Kier molecular flexibility index (Phi) is 5.25. The molecular weight excluding hydrogens is 324 g/mol. The predicted octanol–water partition coefficient (Wildman–Crippen LogP) is 4.19. The first kappa shape index (κ1) is 17.2. The van der Waals surface area contributed by atoms with E-state index in [4.69, 9.17) is 5.26 Å². The lowest BCUT2D eigenvalue weighted by Gasteiger charge is -2.09. The van der Waals surface area contributed by atoms with Crippen molar-refractivity contribution < 1.29 is 4.79 Å². The fraction of sp³-hybridized carbons (Fsp3) is 0.0952. The highest BCUT2D eigenvalue weighted by Gasteiger charge is 2.06. The molecule has 0 unspecified atom stereocenters. The molecule has 0 aliphatic carbocycles. The van der Waals surface area contributed by atoms with Crippen LogP contribution in [0.4, 0.5) is 17.2 Å². The van der Waals surface area contributed by atoms with Gasteiger partial charge < -0.3 is 10.6 Å². The van der Waals surface area contributed by atoms with E-state index in [2.05, 4.69) is 21.7 Å². The lowest BCUT2D eigenvalue weighted by Crippen LogP contribution is -2.14. The fourth-order valence-electron chi connectivity index (χ4n) is 2.58. The summed E-state index contributed by atoms with van der Waals surface area (Å²) in [6.07, 6.45) is 1.91. The van der Waals surface area contributed by atoms with Crippen LogP contribution >= 0.6 is 0 Å². The summed E-state index contributed by atoms with van der Waals surface area (Å²) in [6, 6.07) is 20.8. The Hall–Kier alpha value is -3.65. The van der Waals surface area contributed by atoms with E-state index in [1.807, 2.05) is 49.4 Å². The van der Waals surface area contributed by atoms with Crippen molar-refractivity contribution in [1.82, 2.24) is 4.98 Å². The SMILES string of the molecule is Cc1cccc(CC(=O)Nc2ccc(Nc3ccccc3C#N)nc2)c1. The van der Waals surface area contributed by atoms with Crippen LogP contribution < -0.4 is 10.6 Å². The highest BCUT2D eigenvalue weighted by Crippen LogP contribution is 2.19. The minimum Gasteiger partial charge on any atom is -0.339 e. The molecule has 2 aromatic carbocycles. The Morgan fingerprint density at radius 3 is 2.69 bits per heavy atom. The number of nitriles is 1. The van der Waals surface area contributed by atoms with Crippen molar-refractivity contribution in [2.75, 3.05) is 10.6 Å². The number of rotatable bonds is 5. The van der Waals surface area contributed by atoms with Crippen LogP contribution in [-0.2, 0) is 11.2 Å². The van der Waals surface area contributed by atoms with Crippen LogP contribution in [0.3, 0.4) is 0 Å². The molecule has 0 aliphatic rings. The summed E-state index contributed by atoms with van der Waals surface area (Å²) < 4.78 is 0. The summed E-state index contributed by atoms with van der Waals surface area (Å²) in [7, 11) is 0. The maximum atomic E-state index is 12.2. The van der Waals surface area contributed by atoms with Crippen molar-refractivity contribution in [2.45, 2.75) is 13.3 Å². The molecule has 1 heterocycles. The van der Waals surface area contributed by atoms with Crippen molar-refractivity contribution in [3.63, 3.8) is 0 Å². The molecule has 128 valence electrons. The number of pyridine rings is 1. The van der Waals surface area contributed by atoms with Crippen LogP contribution in [0.25, 0.3) is 0 Å². The number of para-hydroxylation sites is 1. The summed E-state index contributed by atoms with van der Waals surface area (Å²) in [5.41, 5.74) is 3.97. The molecule has 0 bridgehead atoms. The van der Waals surface area contributed by atoms with E-state index in [9.17, 15) is 4.79 Å². The van der Waals surface area contributed by atoms with Crippen molar-refractivity contribution in [2.24, 2.45) is 0 Å². The van der Waals surface area contributed by atoms with E-state index < -0.39 is 0 Å². The average Bonchev–Trinajstić information content (AvgIpc) is 2.64. The van der Waals surface area contributed by atoms with Gasteiger partial charge in [-0.25, -0.2) is 4.98 Å². The number of aromatic nitrogens is 1. The number of aryl methyl sites for hydroxylation is 1. The van der Waals surface area contributed by atoms with Crippen molar-refractivity contribution in [3.05, 3.63) is 83.6 Å². The molecule has 0 saturated heterocycles. The van der Waals surface area contributed by atoms with Gasteiger partial charge in [-0.05, 0) is 36.8 Å². The molecule has 0 radical (unpaired) electrons. The van der Waals surface area contributed by atoms with Gasteiger partial charge in [-0.15, -0.1) is 0 Å². The van der Waals surface area contributed by atoms with E-state index in [0.717, 1.165) is 11.1 Å². The molecule has 3 aromatic rings. The van der Waals surface area contributed by atoms with Crippen molar-refractivity contribution >= 4 is 23.1 Å². The standard InChI is InChI=1S/C21H18N4O/c1-15-5-4-6-16(11-15)12-21(26)24-18-9-10-20(23-14-18)25-19-8-3-2-7-17(19)13-22/h2-11,14H,12H2,1H3,(H,23,25)(H,24,26). The summed E-state index contributed by atoms with van der Waals surface area (Å²) >= 11 is 0. The van der Waals surface area contributed by atoms with Gasteiger partial charge in [0.2, 0.25) is 5.91 Å². The smallest absolute Gasteiger partial charge is 0.228 e. The molecule has 0 saturated carbocycles. The highest BCUT2D eigenvalue weighted by molar-refractivity contribution is 5.92. The number of hydrogen-bond acceptors (Lipinski definition) is 4. The minimum atomic E-state index is -0.0899. The topological polar surface area (TPSA) is 77.8 Å². The molecule has 0 fully saturated rings. The fourth-order valence-corrected chi connectivity index (χ4v) is 2.58. The number of hydrogen-bond donors (Lipinski definition) is 2. The third-order valence-electron chi connectivity index (χ3n) is 3.80. The molecular formula is C21H18N4O. The number of nitrogens with one attached hydrogen (secondary N) is 2. The van der Waals surface area contributed by atoms with E-state index in [1.54, 1.807) is 24.4 Å². The van der Waals surface area contributed by atoms with Crippen LogP contribution in [0, 0.1) is 18.3 Å². The van der Waals surface area contributed by atoms with Crippen LogP contribution in [0.5, 0.6) is 0 Å². The van der Waals surface area contributed by atoms with Crippen LogP contribution in [0.2, 0.25) is 0 Å². The lowest BCUT2D eigenvalue weighted by molar-refractivity contribution is -0.115. The number of amides is 1. The zero-order chi connectivity index (χ0) is 18.4. The van der Waals surface area contributed by atoms with E-state index in [-0.39, 0.29) is 5.91 Å². The Labute approximate surface area is 152 Å². The molecule has 5 nitrogen and oxygen atoms in total. The Morgan fingerprint density at radius 2 is 1.96 bits per heavy atom. The van der Waals surface area contributed by atoms with Crippen molar-refractivity contribution in [3.8, 4) is 6.07 Å². The largest absolute Gasteiger partial charge is 0.339 e. The maximum Gasteiger partial charge on any atom is 0.228 e. The first-order valence-electron chi connectivity index (χ1n) is 8.21. The number of benzene rings is 2. The molecule has 0 atom stereocenters. The maximum absolute atomic E-state index is 12.2. The van der Waals surface area contributed by atoms with Crippen LogP contribution in [0.15, 0.2) is 66.9 Å². The first-order chi connectivity index (χ1) is 12.6. The van der Waals surface area contributed by atoms with Gasteiger partial charge in [0.05, 0.1) is 29.6 Å². The highest BCUT2D eigenvalue weighted by atomic mass is 16.1. The van der Waals surface area contributed by atoms with E-state index >= 15 is 0 Å². The van der Waals surface area contributed by atoms with Gasteiger partial charge in [0.15, 0.2) is 0 Å². The summed E-state index contributed by atoms with van der Waals surface area (Å²) in [5.74, 6) is 0.511. The minimum absolute atomic E-state index is 0.0899. The summed E-state index contributed by atoms with van der Waals surface area (Å²) in [6.45, 7) is 2.00. The third-order valence-corrected chi connectivity index (χ3v) is 3.80. The zero-order valence-corrected chi connectivity index (χ0v) is 14.4. The number of carbonyl (C=O) groups excluding carboxylic acids is 1. The van der Waals surface area contributed by atoms with E-state index in [1.165, 1.54) is 0 Å². The first-order valence-corrected chi connectivity index (χ1v) is 8.21. The van der Waals surface area contributed by atoms with Gasteiger partial charge in [0.25, 0.3) is 0 Å². The predicted molar refractivity (Wildman–Crippen MR) is 102 cm³/mol. The van der Waals surface area contributed by atoms with Gasteiger partial charge in [0.1, 0.15) is 11.9 Å². The average molecular weight is 342 g/mol. The zero-order valence-electron chi connectivity index (χ0n) is 14.4. The normalized spacial score (nSPS) is 10.0. The monoisotopic (exact) mass is 342 g/mol. The second-order valence-corrected chi connectivity index (χ2v) is 5.93. The third kappa shape index (κ3) is 4.46. The van der Waals surface area contributed by atoms with Gasteiger partial charge in [-0.1, -0.05) is 42.0 Å². The summed E-state index contributed by atoms with van der Waals surface area (Å²) in [5, 5.41) is 15.1. The molecule has 0 spiro atoms. The van der Waals surface area contributed by atoms with Crippen LogP contribution in [-0.4, -0.2) is 10.9 Å². The Morgan fingerprint density at radius 1 is 1.12 bits per heavy atom. The second-order valence-electron chi connectivity index (χ2n) is 5.93. The molecule has 26 heavy (non-hydrogen) atoms. The van der Waals surface area contributed by atoms with Gasteiger partial charge in [-0.3, -0.25) is 4.79 Å². The van der Waals surface area contributed by atoms with E-state index in [0.29, 0.717) is 29.2 Å². The molecule has 0 aliphatic heterocycles. The Balaban J connectivity index is 1.62. The quantitative estimate of drug-likeness (QED) is 0.729. The second kappa shape index (κ2) is 7.95. The molecule has 1 aromatic heterocycles. The number of carbonyl (C=O) groups is 1. The molecule has 2 N–H and O–H groups in total. The van der Waals surface area contributed by atoms with Gasteiger partial charge in [-0.2, -0.15) is 5.26 Å². The Bertz CT molecular complexity index is 958. The van der Waals surface area contributed by atoms with Crippen LogP contribution in [0.1, 0.15) is 16.7 Å². The number of anilines is 3. The molecule has 1 amide bonds. The van der Waals surface area contributed by atoms with Gasteiger partial charge >= 0.3 is 0 Å². The van der Waals surface area contributed by atoms with Gasteiger partial charge in [0, 0.05) is 0 Å². The van der Waals surface area contributed by atoms with Crippen molar-refractivity contribution in [1.29, 1.82) is 5.26 Å². The lowest BCUT2D eigenvalue weighted by atomic mass is 10.1. The number of nitrogens with zero attached hydrogens (tertiary/aromatic N) is 2. The molecule has 5 heteroatoms. The summed E-state index contributed by atoms with van der Waals surface area (Å²) in [4.78, 5) is 16.5. The molecule has 3 rings (SSSR count).